The summed E-state index contributed by atoms with van der Waals surface area (Å²) in [5.41, 5.74) is 0. The van der Waals surface area contributed by atoms with Gasteiger partial charge in [-0.05, 0) is 56.2 Å². The zero-order valence-corrected chi connectivity index (χ0v) is 18.1. The summed E-state index contributed by atoms with van der Waals surface area (Å²) in [6, 6.07) is 10.9. The van der Waals surface area contributed by atoms with Crippen LogP contribution >= 0.6 is 23.2 Å². The van der Waals surface area contributed by atoms with E-state index in [1.165, 1.54) is 22.5 Å². The van der Waals surface area contributed by atoms with Crippen LogP contribution < -0.4 is 9.47 Å². The van der Waals surface area contributed by atoms with E-state index < -0.39 is 16.0 Å². The zero-order chi connectivity index (χ0) is 21.0. The van der Waals surface area contributed by atoms with E-state index in [4.69, 9.17) is 32.7 Å². The van der Waals surface area contributed by atoms with Crippen LogP contribution in [0.25, 0.3) is 0 Å². The first-order valence-electron chi connectivity index (χ1n) is 9.21. The lowest BCUT2D eigenvalue weighted by Gasteiger charge is -2.30. The quantitative estimate of drug-likeness (QED) is 0.474. The molecule has 0 aliphatic carbocycles. The van der Waals surface area contributed by atoms with Crippen molar-refractivity contribution in [3.05, 3.63) is 52.5 Å². The van der Waals surface area contributed by atoms with Gasteiger partial charge in [-0.2, -0.15) is 4.31 Å². The fourth-order valence-corrected chi connectivity index (χ4v) is 4.85. The van der Waals surface area contributed by atoms with Crippen LogP contribution in [0, 0.1) is 5.92 Å². The molecule has 2 aromatic rings. The highest BCUT2D eigenvalue weighted by molar-refractivity contribution is 7.89. The molecule has 1 saturated heterocycles. The van der Waals surface area contributed by atoms with E-state index in [9.17, 15) is 13.2 Å². The van der Waals surface area contributed by atoms with Crippen molar-refractivity contribution in [2.45, 2.75) is 24.7 Å². The molecule has 156 valence electrons. The molecule has 1 aliphatic heterocycles. The molecular formula is C20H21Cl2NO5S. The number of carbonyl (C=O) groups is 1. The van der Waals surface area contributed by atoms with Crippen LogP contribution in [0.2, 0.25) is 10.0 Å². The highest BCUT2D eigenvalue weighted by Crippen LogP contribution is 2.29. The molecule has 0 bridgehead atoms. The normalized spacial score (nSPS) is 15.8. The average molecular weight is 458 g/mol. The van der Waals surface area contributed by atoms with Gasteiger partial charge in [0.05, 0.1) is 27.5 Å². The first-order chi connectivity index (χ1) is 13.8. The Morgan fingerprint density at radius 3 is 2.24 bits per heavy atom. The van der Waals surface area contributed by atoms with Crippen LogP contribution in [0.4, 0.5) is 0 Å². The van der Waals surface area contributed by atoms with Gasteiger partial charge in [-0.3, -0.25) is 4.79 Å². The number of piperidine rings is 1. The van der Waals surface area contributed by atoms with Gasteiger partial charge in [0.1, 0.15) is 11.5 Å². The van der Waals surface area contributed by atoms with Gasteiger partial charge >= 0.3 is 5.97 Å². The average Bonchev–Trinajstić information content (AvgIpc) is 2.71. The molecule has 0 unspecified atom stereocenters. The third kappa shape index (κ3) is 5.22. The molecule has 0 spiro atoms. The van der Waals surface area contributed by atoms with Crippen LogP contribution in [0.15, 0.2) is 47.4 Å². The van der Waals surface area contributed by atoms with E-state index >= 15 is 0 Å². The number of sulfonamides is 1. The SMILES string of the molecule is CCOc1ccc(S(=O)(=O)N2CCC(C(=O)Oc3ccc(Cl)c(Cl)c3)CC2)cc1. The molecule has 1 heterocycles. The molecule has 3 rings (SSSR count). The minimum atomic E-state index is -3.62. The summed E-state index contributed by atoms with van der Waals surface area (Å²) < 4.78 is 37.8. The number of hydrogen-bond acceptors (Lipinski definition) is 5. The van der Waals surface area contributed by atoms with Crippen molar-refractivity contribution in [1.82, 2.24) is 4.31 Å². The maximum atomic E-state index is 12.8. The molecule has 0 atom stereocenters. The Hall–Kier alpha value is -1.80. The Kier molecular flexibility index (Phi) is 7.05. The monoisotopic (exact) mass is 457 g/mol. The molecule has 29 heavy (non-hydrogen) atoms. The number of rotatable bonds is 6. The largest absolute Gasteiger partial charge is 0.494 e. The van der Waals surface area contributed by atoms with E-state index in [1.807, 2.05) is 6.92 Å². The minimum Gasteiger partial charge on any atom is -0.494 e. The number of halogens is 2. The topological polar surface area (TPSA) is 72.9 Å². The first kappa shape index (κ1) is 21.9. The molecule has 1 fully saturated rings. The molecule has 0 amide bonds. The van der Waals surface area contributed by atoms with Crippen molar-refractivity contribution in [2.75, 3.05) is 19.7 Å². The van der Waals surface area contributed by atoms with Crippen LogP contribution in [0.3, 0.4) is 0 Å². The molecule has 6 nitrogen and oxygen atoms in total. The zero-order valence-electron chi connectivity index (χ0n) is 15.8. The van der Waals surface area contributed by atoms with Crippen molar-refractivity contribution in [3.8, 4) is 11.5 Å². The fraction of sp³-hybridized carbons (Fsp3) is 0.350. The molecule has 0 radical (unpaired) electrons. The first-order valence-corrected chi connectivity index (χ1v) is 11.4. The fourth-order valence-electron chi connectivity index (χ4n) is 3.10. The molecule has 0 saturated carbocycles. The summed E-state index contributed by atoms with van der Waals surface area (Å²) >= 11 is 11.8. The Morgan fingerprint density at radius 2 is 1.66 bits per heavy atom. The molecule has 1 aliphatic rings. The van der Waals surface area contributed by atoms with E-state index in [-0.39, 0.29) is 23.9 Å². The smallest absolute Gasteiger partial charge is 0.314 e. The van der Waals surface area contributed by atoms with Gasteiger partial charge in [0.25, 0.3) is 0 Å². The summed E-state index contributed by atoms with van der Waals surface area (Å²) in [6.45, 7) is 2.87. The van der Waals surface area contributed by atoms with Crippen molar-refractivity contribution >= 4 is 39.2 Å². The predicted molar refractivity (Wildman–Crippen MR) is 111 cm³/mol. The van der Waals surface area contributed by atoms with Gasteiger partial charge < -0.3 is 9.47 Å². The van der Waals surface area contributed by atoms with Gasteiger partial charge in [0, 0.05) is 19.2 Å². The Labute approximate surface area is 180 Å². The van der Waals surface area contributed by atoms with Crippen molar-refractivity contribution in [2.24, 2.45) is 5.92 Å². The van der Waals surface area contributed by atoms with E-state index in [2.05, 4.69) is 0 Å². The lowest BCUT2D eigenvalue weighted by molar-refractivity contribution is -0.140. The van der Waals surface area contributed by atoms with Gasteiger partial charge in [-0.15, -0.1) is 0 Å². The third-order valence-corrected chi connectivity index (χ3v) is 7.32. The summed E-state index contributed by atoms with van der Waals surface area (Å²) in [7, 11) is -3.62. The summed E-state index contributed by atoms with van der Waals surface area (Å²) in [5, 5.41) is 0.674. The highest BCUT2D eigenvalue weighted by Gasteiger charge is 2.33. The van der Waals surface area contributed by atoms with Gasteiger partial charge in [0.15, 0.2) is 0 Å². The Bertz CT molecular complexity index is 971. The second-order valence-corrected chi connectivity index (χ2v) is 9.33. The Balaban J connectivity index is 1.60. The standard InChI is InChI=1S/C20H21Cl2NO5S/c1-2-27-15-3-6-17(7-4-15)29(25,26)23-11-9-14(10-12-23)20(24)28-16-5-8-18(21)19(22)13-16/h3-8,13-14H,2,9-12H2,1H3. The summed E-state index contributed by atoms with van der Waals surface area (Å²) in [6.07, 6.45) is 0.771. The summed E-state index contributed by atoms with van der Waals surface area (Å²) in [5.74, 6) is 0.154. The minimum absolute atomic E-state index is 0.206. The number of benzene rings is 2. The van der Waals surface area contributed by atoms with E-state index in [0.29, 0.717) is 41.0 Å². The van der Waals surface area contributed by atoms with Crippen LogP contribution in [-0.4, -0.2) is 38.4 Å². The maximum Gasteiger partial charge on any atom is 0.314 e. The highest BCUT2D eigenvalue weighted by atomic mass is 35.5. The number of ether oxygens (including phenoxy) is 2. The second-order valence-electron chi connectivity index (χ2n) is 6.58. The van der Waals surface area contributed by atoms with E-state index in [0.717, 1.165) is 0 Å². The maximum absolute atomic E-state index is 12.8. The second kappa shape index (κ2) is 9.34. The lowest BCUT2D eigenvalue weighted by atomic mass is 9.98. The number of hydrogen-bond donors (Lipinski definition) is 0. The van der Waals surface area contributed by atoms with Crippen LogP contribution in [-0.2, 0) is 14.8 Å². The summed E-state index contributed by atoms with van der Waals surface area (Å²) in [4.78, 5) is 12.6. The number of nitrogens with zero attached hydrogens (tertiary/aromatic N) is 1. The van der Waals surface area contributed by atoms with Crippen LogP contribution in [0.1, 0.15) is 19.8 Å². The van der Waals surface area contributed by atoms with Crippen molar-refractivity contribution in [3.63, 3.8) is 0 Å². The molecule has 2 aromatic carbocycles. The number of esters is 1. The van der Waals surface area contributed by atoms with E-state index in [1.54, 1.807) is 24.3 Å². The van der Waals surface area contributed by atoms with Gasteiger partial charge in [-0.25, -0.2) is 8.42 Å². The molecular weight excluding hydrogens is 437 g/mol. The van der Waals surface area contributed by atoms with Crippen molar-refractivity contribution in [1.29, 1.82) is 0 Å². The van der Waals surface area contributed by atoms with Crippen molar-refractivity contribution < 1.29 is 22.7 Å². The predicted octanol–water partition coefficient (Wildman–Crippen LogP) is 4.40. The van der Waals surface area contributed by atoms with Gasteiger partial charge in [0.2, 0.25) is 10.0 Å². The molecule has 0 aromatic heterocycles. The third-order valence-electron chi connectivity index (χ3n) is 4.67. The number of carbonyl (C=O) groups excluding carboxylic acids is 1. The Morgan fingerprint density at radius 1 is 1.03 bits per heavy atom. The van der Waals surface area contributed by atoms with Crippen LogP contribution in [0.5, 0.6) is 11.5 Å². The lowest BCUT2D eigenvalue weighted by Crippen LogP contribution is -2.41. The molecule has 9 heteroatoms. The van der Waals surface area contributed by atoms with Gasteiger partial charge in [-0.1, -0.05) is 23.2 Å². The molecule has 0 N–H and O–H groups in total.